The lowest BCUT2D eigenvalue weighted by atomic mass is 10.2. The van der Waals surface area contributed by atoms with Gasteiger partial charge in [0.1, 0.15) is 0 Å². The molecule has 1 aliphatic rings. The number of thiazole rings is 1. The van der Waals surface area contributed by atoms with Crippen LogP contribution in [-0.4, -0.2) is 36.1 Å². The molecule has 0 bridgehead atoms. The topological polar surface area (TPSA) is 28.2 Å². The van der Waals surface area contributed by atoms with Crippen LogP contribution in [0, 0.1) is 0 Å². The maximum Gasteiger partial charge on any atom is 0.0926 e. The van der Waals surface area contributed by atoms with Gasteiger partial charge in [0.15, 0.2) is 0 Å². The van der Waals surface area contributed by atoms with E-state index in [1.807, 2.05) is 0 Å². The Balaban J connectivity index is 1.89. The average Bonchev–Trinajstić information content (AvgIpc) is 2.87. The van der Waals surface area contributed by atoms with Gasteiger partial charge in [-0.3, -0.25) is 4.90 Å². The van der Waals surface area contributed by atoms with E-state index in [-0.39, 0.29) is 0 Å². The van der Waals surface area contributed by atoms with Crippen molar-refractivity contribution in [1.82, 2.24) is 15.2 Å². The lowest BCUT2D eigenvalue weighted by Crippen LogP contribution is -2.32. The summed E-state index contributed by atoms with van der Waals surface area (Å²) in [6, 6.07) is 0.691. The standard InChI is InChI=1S/C11H19N3S/c1-3-11-13-9(8-15-11)7-14(2)10-4-5-12-6-10/h8,10,12H,3-7H2,1-2H3. The molecule has 0 aromatic carbocycles. The van der Waals surface area contributed by atoms with E-state index in [1.165, 1.54) is 17.1 Å². The van der Waals surface area contributed by atoms with Crippen molar-refractivity contribution in [2.24, 2.45) is 0 Å². The molecular weight excluding hydrogens is 206 g/mol. The van der Waals surface area contributed by atoms with Gasteiger partial charge in [0.05, 0.1) is 10.7 Å². The number of hydrogen-bond acceptors (Lipinski definition) is 4. The van der Waals surface area contributed by atoms with Gasteiger partial charge in [-0.05, 0) is 26.4 Å². The third-order valence-electron chi connectivity index (χ3n) is 2.97. The summed E-state index contributed by atoms with van der Waals surface area (Å²) in [6.07, 6.45) is 2.32. The number of rotatable bonds is 4. The van der Waals surface area contributed by atoms with E-state index in [0.717, 1.165) is 26.1 Å². The second kappa shape index (κ2) is 5.05. The summed E-state index contributed by atoms with van der Waals surface area (Å²) in [5.41, 5.74) is 1.23. The number of hydrogen-bond donors (Lipinski definition) is 1. The summed E-state index contributed by atoms with van der Waals surface area (Å²) < 4.78 is 0. The lowest BCUT2D eigenvalue weighted by Gasteiger charge is -2.22. The molecule has 0 radical (unpaired) electrons. The quantitative estimate of drug-likeness (QED) is 0.841. The van der Waals surface area contributed by atoms with Crippen LogP contribution in [-0.2, 0) is 13.0 Å². The van der Waals surface area contributed by atoms with Gasteiger partial charge in [0, 0.05) is 24.5 Å². The summed E-state index contributed by atoms with van der Waals surface area (Å²) in [6.45, 7) is 5.43. The molecule has 1 aromatic heterocycles. The molecule has 1 fully saturated rings. The van der Waals surface area contributed by atoms with Gasteiger partial charge < -0.3 is 5.32 Å². The van der Waals surface area contributed by atoms with Crippen LogP contribution in [0.1, 0.15) is 24.0 Å². The monoisotopic (exact) mass is 225 g/mol. The van der Waals surface area contributed by atoms with E-state index in [9.17, 15) is 0 Å². The Kier molecular flexibility index (Phi) is 3.72. The van der Waals surface area contributed by atoms with Gasteiger partial charge in [0.2, 0.25) is 0 Å². The Labute approximate surface area is 95.5 Å². The summed E-state index contributed by atoms with van der Waals surface area (Å²) in [7, 11) is 2.20. The molecule has 1 aliphatic heterocycles. The van der Waals surface area contributed by atoms with E-state index < -0.39 is 0 Å². The molecule has 84 valence electrons. The molecule has 1 atom stereocenters. The zero-order valence-electron chi connectivity index (χ0n) is 9.49. The maximum absolute atomic E-state index is 4.60. The van der Waals surface area contributed by atoms with Gasteiger partial charge in [-0.2, -0.15) is 0 Å². The van der Waals surface area contributed by atoms with Crippen molar-refractivity contribution >= 4 is 11.3 Å². The fraction of sp³-hybridized carbons (Fsp3) is 0.727. The molecule has 0 spiro atoms. The smallest absolute Gasteiger partial charge is 0.0926 e. The van der Waals surface area contributed by atoms with Gasteiger partial charge in [-0.25, -0.2) is 4.98 Å². The van der Waals surface area contributed by atoms with Crippen LogP contribution < -0.4 is 5.32 Å². The summed E-state index contributed by atoms with van der Waals surface area (Å²) in [5.74, 6) is 0. The van der Waals surface area contributed by atoms with Crippen LogP contribution >= 0.6 is 11.3 Å². The Bertz CT molecular complexity index is 305. The molecule has 2 rings (SSSR count). The van der Waals surface area contributed by atoms with Crippen LogP contribution in [0.4, 0.5) is 0 Å². The first-order valence-electron chi connectivity index (χ1n) is 5.64. The van der Waals surface area contributed by atoms with E-state index in [1.54, 1.807) is 11.3 Å². The fourth-order valence-electron chi connectivity index (χ4n) is 1.98. The SMILES string of the molecule is CCc1nc(CN(C)C2CCNC2)cs1. The molecule has 0 aliphatic carbocycles. The van der Waals surface area contributed by atoms with Crippen molar-refractivity contribution in [3.63, 3.8) is 0 Å². The molecule has 2 heterocycles. The maximum atomic E-state index is 4.60. The zero-order chi connectivity index (χ0) is 10.7. The number of nitrogens with zero attached hydrogens (tertiary/aromatic N) is 2. The molecule has 0 amide bonds. The molecule has 1 N–H and O–H groups in total. The normalized spacial score (nSPS) is 21.4. The minimum Gasteiger partial charge on any atom is -0.315 e. The van der Waals surface area contributed by atoms with E-state index in [0.29, 0.717) is 6.04 Å². The molecule has 0 saturated carbocycles. The van der Waals surface area contributed by atoms with Gasteiger partial charge >= 0.3 is 0 Å². The van der Waals surface area contributed by atoms with E-state index in [4.69, 9.17) is 0 Å². The summed E-state index contributed by atoms with van der Waals surface area (Å²) in [5, 5.41) is 6.84. The highest BCUT2D eigenvalue weighted by Crippen LogP contribution is 2.14. The lowest BCUT2D eigenvalue weighted by molar-refractivity contribution is 0.246. The van der Waals surface area contributed by atoms with Crippen molar-refractivity contribution in [2.45, 2.75) is 32.4 Å². The Morgan fingerprint density at radius 1 is 1.67 bits per heavy atom. The third-order valence-corrected chi connectivity index (χ3v) is 4.01. The fourth-order valence-corrected chi connectivity index (χ4v) is 2.72. The second-order valence-corrected chi connectivity index (χ2v) is 5.09. The van der Waals surface area contributed by atoms with Crippen molar-refractivity contribution in [3.05, 3.63) is 16.1 Å². The first-order chi connectivity index (χ1) is 7.29. The number of nitrogens with one attached hydrogen (secondary N) is 1. The van der Waals surface area contributed by atoms with Crippen LogP contribution in [0.25, 0.3) is 0 Å². The minimum absolute atomic E-state index is 0.691. The molecule has 15 heavy (non-hydrogen) atoms. The predicted molar refractivity (Wildman–Crippen MR) is 64.2 cm³/mol. The third kappa shape index (κ3) is 2.77. The first kappa shape index (κ1) is 11.0. The largest absolute Gasteiger partial charge is 0.315 e. The van der Waals surface area contributed by atoms with Crippen LogP contribution in [0.2, 0.25) is 0 Å². The molecule has 1 aromatic rings. The number of likely N-dealkylation sites (N-methyl/N-ethyl adjacent to an activating group) is 1. The molecular formula is C11H19N3S. The van der Waals surface area contributed by atoms with Crippen LogP contribution in [0.5, 0.6) is 0 Å². The number of aromatic nitrogens is 1. The summed E-state index contributed by atoms with van der Waals surface area (Å²) in [4.78, 5) is 7.01. The minimum atomic E-state index is 0.691. The van der Waals surface area contributed by atoms with Crippen molar-refractivity contribution < 1.29 is 0 Å². The van der Waals surface area contributed by atoms with Gasteiger partial charge in [-0.1, -0.05) is 6.92 Å². The van der Waals surface area contributed by atoms with Gasteiger partial charge in [-0.15, -0.1) is 11.3 Å². The first-order valence-corrected chi connectivity index (χ1v) is 6.51. The molecule has 3 nitrogen and oxygen atoms in total. The molecule has 1 unspecified atom stereocenters. The zero-order valence-corrected chi connectivity index (χ0v) is 10.3. The van der Waals surface area contributed by atoms with E-state index >= 15 is 0 Å². The van der Waals surface area contributed by atoms with Gasteiger partial charge in [0.25, 0.3) is 0 Å². The second-order valence-electron chi connectivity index (χ2n) is 4.15. The Morgan fingerprint density at radius 3 is 3.13 bits per heavy atom. The Hall–Kier alpha value is -0.450. The van der Waals surface area contributed by atoms with Crippen LogP contribution in [0.15, 0.2) is 5.38 Å². The highest BCUT2D eigenvalue weighted by molar-refractivity contribution is 7.09. The van der Waals surface area contributed by atoms with Crippen molar-refractivity contribution in [1.29, 1.82) is 0 Å². The molecule has 4 heteroatoms. The summed E-state index contributed by atoms with van der Waals surface area (Å²) >= 11 is 1.78. The Morgan fingerprint density at radius 2 is 2.53 bits per heavy atom. The van der Waals surface area contributed by atoms with Crippen molar-refractivity contribution in [2.75, 3.05) is 20.1 Å². The predicted octanol–water partition coefficient (Wildman–Crippen LogP) is 1.50. The molecule has 1 saturated heterocycles. The average molecular weight is 225 g/mol. The van der Waals surface area contributed by atoms with Crippen LogP contribution in [0.3, 0.4) is 0 Å². The van der Waals surface area contributed by atoms with E-state index in [2.05, 4.69) is 34.6 Å². The highest BCUT2D eigenvalue weighted by atomic mass is 32.1. The number of aryl methyl sites for hydroxylation is 1. The highest BCUT2D eigenvalue weighted by Gasteiger charge is 2.19. The van der Waals surface area contributed by atoms with Crippen molar-refractivity contribution in [3.8, 4) is 0 Å².